The van der Waals surface area contributed by atoms with Crippen LogP contribution >= 0.6 is 0 Å². The van der Waals surface area contributed by atoms with Crippen molar-refractivity contribution in [1.29, 1.82) is 0 Å². The van der Waals surface area contributed by atoms with E-state index >= 15 is 0 Å². The van der Waals surface area contributed by atoms with E-state index in [0.29, 0.717) is 12.2 Å². The summed E-state index contributed by atoms with van der Waals surface area (Å²) in [5, 5.41) is 8.13. The van der Waals surface area contributed by atoms with Gasteiger partial charge >= 0.3 is 24.8 Å². The summed E-state index contributed by atoms with van der Waals surface area (Å²) in [5.41, 5.74) is 0. The minimum atomic E-state index is -0.845. The van der Waals surface area contributed by atoms with Crippen molar-refractivity contribution in [1.82, 2.24) is 0 Å². The van der Waals surface area contributed by atoms with Crippen LogP contribution in [0.15, 0.2) is 0 Å². The maximum atomic E-state index is 10.3. The number of carboxylic acids is 1. The van der Waals surface area contributed by atoms with Crippen LogP contribution in [0.5, 0.6) is 0 Å². The van der Waals surface area contributed by atoms with Crippen molar-refractivity contribution in [2.45, 2.75) is 12.8 Å². The maximum Gasteiger partial charge on any atom is 1.00 e. The van der Waals surface area contributed by atoms with Gasteiger partial charge in [0.05, 0.1) is 0 Å². The van der Waals surface area contributed by atoms with Gasteiger partial charge in [0.1, 0.15) is 0 Å². The van der Waals surface area contributed by atoms with E-state index in [4.69, 9.17) is 5.11 Å². The Morgan fingerprint density at radius 3 is 2.50 bits per heavy atom. The molecule has 5 heteroatoms. The van der Waals surface area contributed by atoms with Crippen LogP contribution in [-0.4, -0.2) is 27.3 Å². The second-order valence-corrected chi connectivity index (χ2v) is 3.33. The molecule has 0 fully saturated rings. The van der Waals surface area contributed by atoms with Crippen LogP contribution in [0.2, 0.25) is 0 Å². The largest absolute Gasteiger partial charge is 1.00 e. The molecule has 10 heavy (non-hydrogen) atoms. The van der Waals surface area contributed by atoms with E-state index in [-0.39, 0.29) is 26.7 Å². The topological polar surface area (TPSA) is 54.4 Å². The first-order valence-electron chi connectivity index (χ1n) is 2.64. The van der Waals surface area contributed by atoms with E-state index in [1.807, 2.05) is 0 Å². The molecule has 0 bridgehead atoms. The van der Waals surface area contributed by atoms with Crippen LogP contribution in [0.25, 0.3) is 0 Å². The second-order valence-electron chi connectivity index (χ2n) is 1.77. The molecule has 0 aliphatic heterocycles. The number of carboxylic acid groups (broad SMARTS) is 1. The summed E-state index contributed by atoms with van der Waals surface area (Å²) < 4.78 is 10.3. The Morgan fingerprint density at radius 1 is 1.70 bits per heavy atom. The zero-order valence-corrected chi connectivity index (χ0v) is 7.11. The molecule has 0 rings (SSSR count). The van der Waals surface area contributed by atoms with Gasteiger partial charge in [-0.05, 0) is 6.42 Å². The second kappa shape index (κ2) is 7.33. The molecule has 0 aromatic heterocycles. The Labute approximate surface area is 76.3 Å². The third-order valence-corrected chi connectivity index (χ3v) is 1.69. The molecule has 56 valence electrons. The Morgan fingerprint density at radius 2 is 2.20 bits per heavy atom. The van der Waals surface area contributed by atoms with Gasteiger partial charge in [0.15, 0.2) is 0 Å². The molecular formula is C5H11LiO3S. The summed E-state index contributed by atoms with van der Waals surface area (Å²) in [5.74, 6) is -0.327. The number of carbonyl (C=O) groups is 1. The molecule has 0 aliphatic rings. The van der Waals surface area contributed by atoms with Gasteiger partial charge in [-0.2, -0.15) is 0 Å². The Kier molecular flexibility index (Phi) is 9.42. The zero-order chi connectivity index (χ0) is 7.28. The molecule has 0 spiro atoms. The van der Waals surface area contributed by atoms with Crippen LogP contribution in [0.3, 0.4) is 0 Å². The molecule has 1 atom stereocenters. The summed E-state index contributed by atoms with van der Waals surface area (Å²) in [4.78, 5) is 9.88. The number of hydrogen-bond acceptors (Lipinski definition) is 2. The van der Waals surface area contributed by atoms with Crippen LogP contribution in [0.4, 0.5) is 0 Å². The molecule has 0 saturated heterocycles. The smallest absolute Gasteiger partial charge is 1.00 e. The summed E-state index contributed by atoms with van der Waals surface area (Å²) in [7, 11) is -0.845. The Bertz CT molecular complexity index is 117. The minimum Gasteiger partial charge on any atom is -1.00 e. The molecule has 1 unspecified atom stereocenters. The van der Waals surface area contributed by atoms with E-state index < -0.39 is 16.8 Å². The van der Waals surface area contributed by atoms with Crippen molar-refractivity contribution in [2.24, 2.45) is 0 Å². The average Bonchev–Trinajstić information content (AvgIpc) is 1.63. The number of rotatable bonds is 4. The fourth-order valence-electron chi connectivity index (χ4n) is 0.427. The van der Waals surface area contributed by atoms with Gasteiger partial charge in [-0.25, -0.2) is 0 Å². The first kappa shape index (κ1) is 12.9. The molecule has 0 aromatic carbocycles. The van der Waals surface area contributed by atoms with E-state index in [2.05, 4.69) is 0 Å². The first-order chi connectivity index (χ1) is 4.13. The fourth-order valence-corrected chi connectivity index (χ4v) is 0.978. The monoisotopic (exact) mass is 158 g/mol. The van der Waals surface area contributed by atoms with Gasteiger partial charge in [-0.3, -0.25) is 9.00 Å². The summed E-state index contributed by atoms with van der Waals surface area (Å²) >= 11 is 0. The maximum absolute atomic E-state index is 10.3. The average molecular weight is 158 g/mol. The van der Waals surface area contributed by atoms with Crippen molar-refractivity contribution in [3.05, 3.63) is 0 Å². The van der Waals surface area contributed by atoms with Crippen molar-refractivity contribution in [3.63, 3.8) is 0 Å². The van der Waals surface area contributed by atoms with Gasteiger partial charge in [0, 0.05) is 29.2 Å². The van der Waals surface area contributed by atoms with Crippen molar-refractivity contribution >= 4 is 16.8 Å². The van der Waals surface area contributed by atoms with Gasteiger partial charge in [-0.15, -0.1) is 0 Å². The molecule has 0 heterocycles. The SMILES string of the molecule is CS(=O)CCCC(=O)O.[H-].[Li+]. The van der Waals surface area contributed by atoms with Crippen LogP contribution < -0.4 is 18.9 Å². The molecule has 3 nitrogen and oxygen atoms in total. The van der Waals surface area contributed by atoms with E-state index in [0.717, 1.165) is 0 Å². The fraction of sp³-hybridized carbons (Fsp3) is 0.800. The van der Waals surface area contributed by atoms with Gasteiger partial charge in [0.2, 0.25) is 0 Å². The molecular weight excluding hydrogens is 147 g/mol. The predicted molar refractivity (Wildman–Crippen MR) is 36.9 cm³/mol. The third-order valence-electron chi connectivity index (χ3n) is 0.822. The van der Waals surface area contributed by atoms with Crippen LogP contribution in [0.1, 0.15) is 14.3 Å². The number of aliphatic carboxylic acids is 1. The number of hydrogen-bond donors (Lipinski definition) is 1. The van der Waals surface area contributed by atoms with Gasteiger partial charge in [-0.1, -0.05) is 0 Å². The summed E-state index contributed by atoms with van der Waals surface area (Å²) in [6.07, 6.45) is 2.21. The normalized spacial score (nSPS) is 11.7. The molecule has 0 saturated carbocycles. The predicted octanol–water partition coefficient (Wildman–Crippen LogP) is -2.65. The van der Waals surface area contributed by atoms with Crippen molar-refractivity contribution < 1.29 is 34.4 Å². The standard InChI is InChI=1S/C5H10O3S.Li.H/c1-9(8)4-2-3-5(6)7;;/h2-4H2,1H3,(H,6,7);;/q;+1;-1. The molecule has 0 radical (unpaired) electrons. The summed E-state index contributed by atoms with van der Waals surface area (Å²) in [6, 6.07) is 0. The zero-order valence-electron chi connectivity index (χ0n) is 7.29. The van der Waals surface area contributed by atoms with Crippen LogP contribution in [-0.2, 0) is 15.6 Å². The molecule has 1 N–H and O–H groups in total. The van der Waals surface area contributed by atoms with Crippen molar-refractivity contribution in [3.8, 4) is 0 Å². The third kappa shape index (κ3) is 11.1. The molecule has 0 aliphatic carbocycles. The first-order valence-corrected chi connectivity index (χ1v) is 4.37. The van der Waals surface area contributed by atoms with E-state index in [1.54, 1.807) is 6.26 Å². The quantitative estimate of drug-likeness (QED) is 0.454. The van der Waals surface area contributed by atoms with E-state index in [1.165, 1.54) is 0 Å². The van der Waals surface area contributed by atoms with E-state index in [9.17, 15) is 9.00 Å². The Balaban J connectivity index is -0.000000320. The minimum absolute atomic E-state index is 0. The van der Waals surface area contributed by atoms with Crippen LogP contribution in [0, 0.1) is 0 Å². The molecule has 0 amide bonds. The Hall–Kier alpha value is 0.217. The molecule has 0 aromatic rings. The van der Waals surface area contributed by atoms with Gasteiger partial charge in [0.25, 0.3) is 0 Å². The summed E-state index contributed by atoms with van der Waals surface area (Å²) in [6.45, 7) is 0. The van der Waals surface area contributed by atoms with Crippen molar-refractivity contribution in [2.75, 3.05) is 12.0 Å². The van der Waals surface area contributed by atoms with Gasteiger partial charge < -0.3 is 6.53 Å².